The molecule has 0 spiro atoms. The van der Waals surface area contributed by atoms with Gasteiger partial charge in [-0.25, -0.2) is 0 Å². The van der Waals surface area contributed by atoms with E-state index >= 15 is 0 Å². The van der Waals surface area contributed by atoms with Gasteiger partial charge in [-0.2, -0.15) is 5.26 Å². The zero-order chi connectivity index (χ0) is 18.4. The van der Waals surface area contributed by atoms with Gasteiger partial charge in [-0.3, -0.25) is 9.59 Å². The molecule has 1 unspecified atom stereocenters. The second kappa shape index (κ2) is 8.50. The lowest BCUT2D eigenvalue weighted by Crippen LogP contribution is -2.49. The van der Waals surface area contributed by atoms with Gasteiger partial charge in [0.05, 0.1) is 4.88 Å². The number of carbonyl (C=O) groups is 2. The molecule has 0 bridgehead atoms. The number of thiophene rings is 1. The smallest absolute Gasteiger partial charge is 0.264 e. The fourth-order valence-electron chi connectivity index (χ4n) is 2.96. The van der Waals surface area contributed by atoms with Crippen molar-refractivity contribution in [3.05, 3.63) is 46.7 Å². The second-order valence-electron chi connectivity index (χ2n) is 5.95. The van der Waals surface area contributed by atoms with Crippen molar-refractivity contribution in [2.45, 2.75) is 25.3 Å². The number of anilines is 1. The van der Waals surface area contributed by atoms with E-state index in [1.807, 2.05) is 17.5 Å². The van der Waals surface area contributed by atoms with Gasteiger partial charge in [-0.15, -0.1) is 11.3 Å². The van der Waals surface area contributed by atoms with Crippen LogP contribution in [0.1, 0.15) is 28.9 Å². The van der Waals surface area contributed by atoms with Crippen LogP contribution in [-0.4, -0.2) is 35.9 Å². The lowest BCUT2D eigenvalue weighted by Gasteiger charge is -2.34. The Balaban J connectivity index is 1.67. The monoisotopic (exact) mass is 369 g/mol. The molecule has 1 aliphatic rings. The predicted octanol–water partition coefficient (Wildman–Crippen LogP) is 3.28. The van der Waals surface area contributed by atoms with Crippen molar-refractivity contribution in [2.24, 2.45) is 0 Å². The summed E-state index contributed by atoms with van der Waals surface area (Å²) in [4.78, 5) is 27.8. The average molecular weight is 369 g/mol. The first kappa shape index (κ1) is 18.0. The highest BCUT2D eigenvalue weighted by Crippen LogP contribution is 2.23. The predicted molar refractivity (Wildman–Crippen MR) is 99.2 cm³/mol. The summed E-state index contributed by atoms with van der Waals surface area (Å²) in [6.45, 7) is 0.573. The number of carbonyl (C=O) groups excluding carboxylic acids is 2. The van der Waals surface area contributed by atoms with E-state index in [2.05, 4.69) is 5.32 Å². The molecule has 6 nitrogen and oxygen atoms in total. The van der Waals surface area contributed by atoms with Crippen molar-refractivity contribution in [1.29, 1.82) is 5.26 Å². The van der Waals surface area contributed by atoms with Gasteiger partial charge in [0.1, 0.15) is 17.9 Å². The van der Waals surface area contributed by atoms with Crippen molar-refractivity contribution in [3.8, 4) is 11.8 Å². The largest absolute Gasteiger partial charge is 0.479 e. The van der Waals surface area contributed by atoms with Gasteiger partial charge in [0.2, 0.25) is 5.91 Å². The number of nitriles is 1. The highest BCUT2D eigenvalue weighted by atomic mass is 32.1. The van der Waals surface area contributed by atoms with Crippen LogP contribution in [0.2, 0.25) is 0 Å². The number of nitrogens with zero attached hydrogens (tertiary/aromatic N) is 2. The fourth-order valence-corrected chi connectivity index (χ4v) is 3.64. The Labute approximate surface area is 156 Å². The summed E-state index contributed by atoms with van der Waals surface area (Å²) in [6.07, 6.45) is 2.49. The van der Waals surface area contributed by atoms with Crippen LogP contribution in [0.5, 0.6) is 5.75 Å². The van der Waals surface area contributed by atoms with Crippen LogP contribution in [-0.2, 0) is 4.79 Å². The second-order valence-corrected chi connectivity index (χ2v) is 6.90. The number of benzene rings is 1. The molecule has 0 radical (unpaired) electrons. The summed E-state index contributed by atoms with van der Waals surface area (Å²) in [6, 6.07) is 11.9. The third-order valence-electron chi connectivity index (χ3n) is 4.22. The summed E-state index contributed by atoms with van der Waals surface area (Å²) < 4.78 is 5.20. The molecule has 2 aromatic rings. The minimum absolute atomic E-state index is 0.0203. The Hall–Kier alpha value is -2.85. The van der Waals surface area contributed by atoms with E-state index in [0.717, 1.165) is 12.8 Å². The van der Waals surface area contributed by atoms with Gasteiger partial charge in [-0.1, -0.05) is 6.07 Å². The molecule has 2 heterocycles. The maximum absolute atomic E-state index is 12.7. The summed E-state index contributed by atoms with van der Waals surface area (Å²) >= 11 is 1.39. The topological polar surface area (TPSA) is 82.4 Å². The maximum Gasteiger partial charge on any atom is 0.264 e. The summed E-state index contributed by atoms with van der Waals surface area (Å²) in [5.74, 6) is 0.303. The molecule has 7 heteroatoms. The lowest BCUT2D eigenvalue weighted by atomic mass is 10.0. The third kappa shape index (κ3) is 4.21. The first-order chi connectivity index (χ1) is 12.7. The zero-order valence-electron chi connectivity index (χ0n) is 14.2. The van der Waals surface area contributed by atoms with E-state index in [0.29, 0.717) is 29.3 Å². The number of hydrogen-bond donors (Lipinski definition) is 1. The van der Waals surface area contributed by atoms with Gasteiger partial charge >= 0.3 is 0 Å². The number of likely N-dealkylation sites (tertiary alicyclic amines) is 1. The average Bonchev–Trinajstić information content (AvgIpc) is 3.21. The van der Waals surface area contributed by atoms with Crippen molar-refractivity contribution < 1.29 is 14.3 Å². The SMILES string of the molecule is N#CCOc1ccc(NC(=O)C2CCCCN2C(=O)c2cccs2)cc1. The van der Waals surface area contributed by atoms with Crippen LogP contribution < -0.4 is 10.1 Å². The Kier molecular flexibility index (Phi) is 5.87. The van der Waals surface area contributed by atoms with Crippen molar-refractivity contribution >= 4 is 28.8 Å². The van der Waals surface area contributed by atoms with Gasteiger partial charge in [0.15, 0.2) is 6.61 Å². The van der Waals surface area contributed by atoms with Crippen LogP contribution in [0.15, 0.2) is 41.8 Å². The molecule has 1 N–H and O–H groups in total. The van der Waals surface area contributed by atoms with E-state index in [-0.39, 0.29) is 18.4 Å². The Morgan fingerprint density at radius 2 is 2.08 bits per heavy atom. The molecule has 134 valence electrons. The Bertz CT molecular complexity index is 796. The minimum atomic E-state index is -0.465. The number of hydrogen-bond acceptors (Lipinski definition) is 5. The van der Waals surface area contributed by atoms with Gasteiger partial charge in [0, 0.05) is 12.2 Å². The van der Waals surface area contributed by atoms with Crippen LogP contribution in [0.3, 0.4) is 0 Å². The quantitative estimate of drug-likeness (QED) is 0.877. The van der Waals surface area contributed by atoms with Crippen molar-refractivity contribution in [2.75, 3.05) is 18.5 Å². The molecule has 2 amide bonds. The Morgan fingerprint density at radius 1 is 1.27 bits per heavy atom. The van der Waals surface area contributed by atoms with Crippen LogP contribution in [0, 0.1) is 11.3 Å². The first-order valence-electron chi connectivity index (χ1n) is 8.44. The normalized spacial score (nSPS) is 16.6. The van der Waals surface area contributed by atoms with Gasteiger partial charge in [-0.05, 0) is 55.0 Å². The molecule has 26 heavy (non-hydrogen) atoms. The van der Waals surface area contributed by atoms with E-state index in [1.54, 1.807) is 35.2 Å². The van der Waals surface area contributed by atoms with Crippen LogP contribution in [0.4, 0.5) is 5.69 Å². The molecule has 1 saturated heterocycles. The number of piperidine rings is 1. The van der Waals surface area contributed by atoms with Crippen LogP contribution >= 0.6 is 11.3 Å². The molecule has 1 aliphatic heterocycles. The molecule has 1 aromatic heterocycles. The molecule has 0 aliphatic carbocycles. The summed E-state index contributed by atoms with van der Waals surface area (Å²) in [5, 5.41) is 13.3. The highest BCUT2D eigenvalue weighted by Gasteiger charge is 2.33. The van der Waals surface area contributed by atoms with E-state index in [9.17, 15) is 9.59 Å². The van der Waals surface area contributed by atoms with Gasteiger partial charge < -0.3 is 15.0 Å². The summed E-state index contributed by atoms with van der Waals surface area (Å²) in [7, 11) is 0. The number of ether oxygens (including phenoxy) is 1. The van der Waals surface area contributed by atoms with Gasteiger partial charge in [0.25, 0.3) is 5.91 Å². The molecule has 1 atom stereocenters. The first-order valence-corrected chi connectivity index (χ1v) is 9.32. The summed E-state index contributed by atoms with van der Waals surface area (Å²) in [5.41, 5.74) is 0.633. The minimum Gasteiger partial charge on any atom is -0.479 e. The number of rotatable bonds is 5. The highest BCUT2D eigenvalue weighted by molar-refractivity contribution is 7.12. The molecule has 1 aromatic carbocycles. The molecular formula is C19H19N3O3S. The number of amides is 2. The zero-order valence-corrected chi connectivity index (χ0v) is 15.0. The molecular weight excluding hydrogens is 350 g/mol. The van der Waals surface area contributed by atoms with Crippen molar-refractivity contribution in [3.63, 3.8) is 0 Å². The van der Waals surface area contributed by atoms with Crippen molar-refractivity contribution in [1.82, 2.24) is 4.90 Å². The fraction of sp³-hybridized carbons (Fsp3) is 0.316. The molecule has 3 rings (SSSR count). The Morgan fingerprint density at radius 3 is 2.77 bits per heavy atom. The van der Waals surface area contributed by atoms with E-state index < -0.39 is 6.04 Å². The van der Waals surface area contributed by atoms with E-state index in [4.69, 9.17) is 10.00 Å². The lowest BCUT2D eigenvalue weighted by molar-refractivity contribution is -0.121. The van der Waals surface area contributed by atoms with E-state index in [1.165, 1.54) is 11.3 Å². The molecule has 0 saturated carbocycles. The number of nitrogens with one attached hydrogen (secondary N) is 1. The third-order valence-corrected chi connectivity index (χ3v) is 5.08. The van der Waals surface area contributed by atoms with Crippen LogP contribution in [0.25, 0.3) is 0 Å². The standard InChI is InChI=1S/C19H19N3O3S/c20-10-12-25-15-8-6-14(7-9-15)21-18(23)16-4-1-2-11-22(16)19(24)17-5-3-13-26-17/h3,5-9,13,16H,1-2,4,11-12H2,(H,21,23). The maximum atomic E-state index is 12.7. The molecule has 1 fully saturated rings.